The second-order valence-corrected chi connectivity index (χ2v) is 7.99. The van der Waals surface area contributed by atoms with Gasteiger partial charge >= 0.3 is 0 Å². The van der Waals surface area contributed by atoms with Crippen molar-refractivity contribution < 1.29 is 4.79 Å². The first kappa shape index (κ1) is 18.1. The molecule has 0 spiro atoms. The number of carbonyl (C=O) groups is 1. The fraction of sp³-hybridized carbons (Fsp3) is 0.250. The van der Waals surface area contributed by atoms with Gasteiger partial charge in [-0.25, -0.2) is 4.98 Å². The lowest BCUT2D eigenvalue weighted by molar-refractivity contribution is -0.118. The van der Waals surface area contributed by atoms with Crippen LogP contribution in [0.2, 0.25) is 5.02 Å². The second-order valence-electron chi connectivity index (χ2n) is 6.61. The van der Waals surface area contributed by atoms with Crippen LogP contribution in [-0.2, 0) is 4.79 Å². The summed E-state index contributed by atoms with van der Waals surface area (Å²) in [5.74, 6) is 0.167. The molecule has 0 atom stereocenters. The number of rotatable bonds is 5. The van der Waals surface area contributed by atoms with Crippen LogP contribution in [0.3, 0.4) is 0 Å². The first-order chi connectivity index (χ1) is 13.0. The monoisotopic (exact) mass is 399 g/mol. The molecule has 1 heterocycles. The van der Waals surface area contributed by atoms with Crippen molar-refractivity contribution in [3.63, 3.8) is 0 Å². The van der Waals surface area contributed by atoms with Crippen LogP contribution in [0.4, 0.5) is 0 Å². The Labute approximate surface area is 165 Å². The van der Waals surface area contributed by atoms with E-state index in [0.717, 1.165) is 24.1 Å². The third-order valence-electron chi connectivity index (χ3n) is 4.43. The molecule has 1 saturated carbocycles. The van der Waals surface area contributed by atoms with Crippen LogP contribution >= 0.6 is 23.4 Å². The van der Waals surface area contributed by atoms with Gasteiger partial charge in [0.2, 0.25) is 5.91 Å². The van der Waals surface area contributed by atoms with Crippen molar-refractivity contribution in [1.29, 1.82) is 0 Å². The number of amides is 1. The highest BCUT2D eigenvalue weighted by Crippen LogP contribution is 2.25. The third kappa shape index (κ3) is 3.87. The zero-order chi connectivity index (χ0) is 19.0. The molecule has 7 heteroatoms. The van der Waals surface area contributed by atoms with Gasteiger partial charge in [-0.1, -0.05) is 41.6 Å². The van der Waals surface area contributed by atoms with E-state index in [0.29, 0.717) is 27.1 Å². The van der Waals surface area contributed by atoms with Crippen LogP contribution in [0.15, 0.2) is 52.4 Å². The van der Waals surface area contributed by atoms with E-state index in [2.05, 4.69) is 10.3 Å². The minimum Gasteiger partial charge on any atom is -0.353 e. The van der Waals surface area contributed by atoms with Crippen molar-refractivity contribution >= 4 is 40.2 Å². The van der Waals surface area contributed by atoms with Crippen LogP contribution in [0.25, 0.3) is 16.6 Å². The summed E-state index contributed by atoms with van der Waals surface area (Å²) in [6, 6.07) is 13.0. The molecule has 1 aromatic heterocycles. The van der Waals surface area contributed by atoms with E-state index in [9.17, 15) is 9.59 Å². The Hall–Kier alpha value is -2.31. The number of fused-ring (bicyclic) bond motifs is 1. The number of benzene rings is 2. The molecule has 138 valence electrons. The second kappa shape index (κ2) is 7.37. The third-order valence-corrected chi connectivity index (χ3v) is 5.61. The SMILES string of the molecule is Cc1ccccc1-n1c(SCC(=O)NC2CC2)nc2cc(Cl)ccc2c1=O. The Bertz CT molecular complexity index is 1090. The van der Waals surface area contributed by atoms with Crippen molar-refractivity contribution in [2.45, 2.75) is 31.0 Å². The lowest BCUT2D eigenvalue weighted by atomic mass is 10.2. The molecule has 1 fully saturated rings. The number of para-hydroxylation sites is 1. The topological polar surface area (TPSA) is 64.0 Å². The van der Waals surface area contributed by atoms with Crippen LogP contribution in [0.1, 0.15) is 18.4 Å². The van der Waals surface area contributed by atoms with Gasteiger partial charge in [-0.15, -0.1) is 0 Å². The first-order valence-corrected chi connectivity index (χ1v) is 10.1. The molecule has 2 aromatic carbocycles. The summed E-state index contributed by atoms with van der Waals surface area (Å²) in [6.45, 7) is 1.95. The van der Waals surface area contributed by atoms with Gasteiger partial charge in [0.1, 0.15) is 0 Å². The van der Waals surface area contributed by atoms with Crippen LogP contribution < -0.4 is 10.9 Å². The van der Waals surface area contributed by atoms with Gasteiger partial charge in [0.25, 0.3) is 5.56 Å². The van der Waals surface area contributed by atoms with Gasteiger partial charge in [0.15, 0.2) is 5.16 Å². The van der Waals surface area contributed by atoms with E-state index in [4.69, 9.17) is 11.6 Å². The Morgan fingerprint density at radius 3 is 2.81 bits per heavy atom. The number of nitrogens with one attached hydrogen (secondary N) is 1. The summed E-state index contributed by atoms with van der Waals surface area (Å²) in [4.78, 5) is 30.0. The molecular formula is C20H18ClN3O2S. The molecule has 1 aliphatic rings. The number of carbonyl (C=O) groups excluding carboxylic acids is 1. The molecule has 1 N–H and O–H groups in total. The molecule has 0 bridgehead atoms. The number of halogens is 1. The normalized spacial score (nSPS) is 13.7. The predicted molar refractivity (Wildman–Crippen MR) is 109 cm³/mol. The van der Waals surface area contributed by atoms with Gasteiger partial charge in [0, 0.05) is 11.1 Å². The van der Waals surface area contributed by atoms with E-state index in [-0.39, 0.29) is 17.2 Å². The Balaban J connectivity index is 1.81. The van der Waals surface area contributed by atoms with Crippen LogP contribution in [0.5, 0.6) is 0 Å². The molecule has 0 aliphatic heterocycles. The maximum Gasteiger partial charge on any atom is 0.266 e. The number of aryl methyl sites for hydroxylation is 1. The van der Waals surface area contributed by atoms with Gasteiger partial charge in [-0.2, -0.15) is 0 Å². The summed E-state index contributed by atoms with van der Waals surface area (Å²) in [7, 11) is 0. The summed E-state index contributed by atoms with van der Waals surface area (Å²) < 4.78 is 1.58. The number of hydrogen-bond acceptors (Lipinski definition) is 4. The molecule has 0 saturated heterocycles. The number of hydrogen-bond donors (Lipinski definition) is 1. The first-order valence-electron chi connectivity index (χ1n) is 8.73. The highest BCUT2D eigenvalue weighted by atomic mass is 35.5. The summed E-state index contributed by atoms with van der Waals surface area (Å²) in [5.41, 5.74) is 2.08. The van der Waals surface area contributed by atoms with Gasteiger partial charge in [-0.05, 0) is 49.6 Å². The van der Waals surface area contributed by atoms with Crippen LogP contribution in [-0.4, -0.2) is 27.3 Å². The predicted octanol–water partition coefficient (Wildman–Crippen LogP) is 3.72. The maximum atomic E-state index is 13.2. The molecule has 27 heavy (non-hydrogen) atoms. The zero-order valence-electron chi connectivity index (χ0n) is 14.7. The van der Waals surface area contributed by atoms with Crippen LogP contribution in [0, 0.1) is 6.92 Å². The zero-order valence-corrected chi connectivity index (χ0v) is 16.3. The number of aromatic nitrogens is 2. The summed E-state index contributed by atoms with van der Waals surface area (Å²) >= 11 is 7.34. The molecular weight excluding hydrogens is 382 g/mol. The Morgan fingerprint density at radius 2 is 2.07 bits per heavy atom. The minimum absolute atomic E-state index is 0.0423. The standard InChI is InChI=1S/C20H18ClN3O2S/c1-12-4-2-3-5-17(12)24-19(26)15-9-6-13(21)10-16(15)23-20(24)27-11-18(25)22-14-7-8-14/h2-6,9-10,14H,7-8,11H2,1H3,(H,22,25). The quantitative estimate of drug-likeness (QED) is 0.524. The Morgan fingerprint density at radius 1 is 1.30 bits per heavy atom. The maximum absolute atomic E-state index is 13.2. The van der Waals surface area contributed by atoms with E-state index in [1.165, 1.54) is 11.8 Å². The molecule has 4 rings (SSSR count). The average molecular weight is 400 g/mol. The summed E-state index contributed by atoms with van der Waals surface area (Å²) in [5, 5.41) is 4.45. The van der Waals surface area contributed by atoms with Crippen molar-refractivity contribution in [2.75, 3.05) is 5.75 Å². The highest BCUT2D eigenvalue weighted by molar-refractivity contribution is 7.99. The minimum atomic E-state index is -0.170. The van der Waals surface area contributed by atoms with Crippen molar-refractivity contribution in [3.05, 3.63) is 63.4 Å². The van der Waals surface area contributed by atoms with E-state index < -0.39 is 0 Å². The van der Waals surface area contributed by atoms with E-state index in [1.807, 2.05) is 31.2 Å². The fourth-order valence-corrected chi connectivity index (χ4v) is 3.87. The fourth-order valence-electron chi connectivity index (χ4n) is 2.89. The molecule has 5 nitrogen and oxygen atoms in total. The number of nitrogens with zero attached hydrogens (tertiary/aromatic N) is 2. The molecule has 3 aromatic rings. The lowest BCUT2D eigenvalue weighted by Gasteiger charge is -2.15. The molecule has 0 radical (unpaired) electrons. The van der Waals surface area contributed by atoms with E-state index in [1.54, 1.807) is 22.8 Å². The van der Waals surface area contributed by atoms with Gasteiger partial charge in [-0.3, -0.25) is 14.2 Å². The van der Waals surface area contributed by atoms with E-state index >= 15 is 0 Å². The molecule has 1 aliphatic carbocycles. The average Bonchev–Trinajstić information content (AvgIpc) is 3.45. The summed E-state index contributed by atoms with van der Waals surface area (Å²) in [6.07, 6.45) is 2.08. The van der Waals surface area contributed by atoms with Gasteiger partial charge < -0.3 is 5.32 Å². The lowest BCUT2D eigenvalue weighted by Crippen LogP contribution is -2.28. The molecule has 1 amide bonds. The van der Waals surface area contributed by atoms with Crippen molar-refractivity contribution in [3.8, 4) is 5.69 Å². The Kier molecular flexibility index (Phi) is 4.93. The van der Waals surface area contributed by atoms with Crippen molar-refractivity contribution in [1.82, 2.24) is 14.9 Å². The smallest absolute Gasteiger partial charge is 0.266 e. The highest BCUT2D eigenvalue weighted by Gasteiger charge is 2.23. The van der Waals surface area contributed by atoms with Crippen molar-refractivity contribution in [2.24, 2.45) is 0 Å². The molecule has 0 unspecified atom stereocenters. The van der Waals surface area contributed by atoms with Gasteiger partial charge in [0.05, 0.1) is 22.3 Å². The number of thioether (sulfide) groups is 1. The largest absolute Gasteiger partial charge is 0.353 e.